The molecule has 144 valence electrons. The molecule has 0 bridgehead atoms. The van der Waals surface area contributed by atoms with Gasteiger partial charge < -0.3 is 9.47 Å². The maximum absolute atomic E-state index is 12.2. The summed E-state index contributed by atoms with van der Waals surface area (Å²) >= 11 is 1.49. The number of nitrogens with one attached hydrogen (secondary N) is 1. The molecule has 0 radical (unpaired) electrons. The first-order chi connectivity index (χ1) is 13.1. The smallest absolute Gasteiger partial charge is 0.253 e. The second-order valence-corrected chi connectivity index (χ2v) is 7.21. The molecule has 2 rings (SSSR count). The van der Waals surface area contributed by atoms with Crippen molar-refractivity contribution in [3.8, 4) is 11.5 Å². The lowest BCUT2D eigenvalue weighted by Crippen LogP contribution is -2.26. The van der Waals surface area contributed by atoms with E-state index in [2.05, 4.69) is 17.5 Å². The number of thioether (sulfide) groups is 1. The Kier molecular flexibility index (Phi) is 8.71. The van der Waals surface area contributed by atoms with Crippen LogP contribution < -0.4 is 14.9 Å². The lowest BCUT2D eigenvalue weighted by molar-refractivity contribution is -0.120. The third-order valence-electron chi connectivity index (χ3n) is 3.54. The van der Waals surface area contributed by atoms with Gasteiger partial charge in [0.05, 0.1) is 24.7 Å². The highest BCUT2D eigenvalue weighted by atomic mass is 32.2. The van der Waals surface area contributed by atoms with Crippen LogP contribution in [0.15, 0.2) is 58.5 Å². The molecule has 1 amide bonds. The number of ether oxygens (including phenoxy) is 2. The fourth-order valence-electron chi connectivity index (χ4n) is 2.22. The Morgan fingerprint density at radius 2 is 1.93 bits per heavy atom. The quantitative estimate of drug-likeness (QED) is 0.371. The van der Waals surface area contributed by atoms with Gasteiger partial charge in [-0.1, -0.05) is 25.1 Å². The Morgan fingerprint density at radius 1 is 1.15 bits per heavy atom. The van der Waals surface area contributed by atoms with Crippen molar-refractivity contribution in [2.24, 2.45) is 5.10 Å². The van der Waals surface area contributed by atoms with E-state index < -0.39 is 0 Å². The number of amides is 1. The number of rotatable bonds is 10. The SMILES string of the molecule is CCCOc1ccc(/C=N\NC(=O)[C@H](C)Sc2ccccc2)cc1OCC. The Bertz CT molecular complexity index is 750. The molecule has 0 spiro atoms. The van der Waals surface area contributed by atoms with Gasteiger partial charge in [0.2, 0.25) is 0 Å². The molecule has 1 N–H and O–H groups in total. The lowest BCUT2D eigenvalue weighted by Gasteiger charge is -2.12. The van der Waals surface area contributed by atoms with Crippen molar-refractivity contribution in [1.29, 1.82) is 0 Å². The van der Waals surface area contributed by atoms with E-state index in [9.17, 15) is 4.79 Å². The third kappa shape index (κ3) is 6.98. The molecule has 0 unspecified atom stereocenters. The summed E-state index contributed by atoms with van der Waals surface area (Å²) < 4.78 is 11.3. The van der Waals surface area contributed by atoms with Gasteiger partial charge in [0.25, 0.3) is 5.91 Å². The van der Waals surface area contributed by atoms with Gasteiger partial charge in [-0.2, -0.15) is 5.10 Å². The maximum atomic E-state index is 12.2. The highest BCUT2D eigenvalue weighted by Crippen LogP contribution is 2.28. The van der Waals surface area contributed by atoms with Crippen molar-refractivity contribution in [2.45, 2.75) is 37.3 Å². The molecule has 2 aromatic carbocycles. The number of hydrogen-bond donors (Lipinski definition) is 1. The molecular weight excluding hydrogens is 360 g/mol. The van der Waals surface area contributed by atoms with Gasteiger partial charge in [-0.15, -0.1) is 11.8 Å². The molecule has 0 aliphatic carbocycles. The van der Waals surface area contributed by atoms with Gasteiger partial charge in [0.1, 0.15) is 0 Å². The van der Waals surface area contributed by atoms with E-state index >= 15 is 0 Å². The largest absolute Gasteiger partial charge is 0.490 e. The van der Waals surface area contributed by atoms with Gasteiger partial charge in [-0.05, 0) is 56.2 Å². The zero-order valence-electron chi connectivity index (χ0n) is 16.0. The van der Waals surface area contributed by atoms with Crippen LogP contribution in [0.5, 0.6) is 11.5 Å². The van der Waals surface area contributed by atoms with Crippen LogP contribution in [0.1, 0.15) is 32.8 Å². The van der Waals surface area contributed by atoms with Crippen molar-refractivity contribution in [3.05, 3.63) is 54.1 Å². The molecule has 0 aromatic heterocycles. The molecule has 0 saturated carbocycles. The Hall–Kier alpha value is -2.47. The van der Waals surface area contributed by atoms with Crippen molar-refractivity contribution in [1.82, 2.24) is 5.43 Å². The summed E-state index contributed by atoms with van der Waals surface area (Å²) in [5, 5.41) is 3.82. The van der Waals surface area contributed by atoms with Gasteiger partial charge in [0, 0.05) is 4.90 Å². The molecule has 1 atom stereocenters. The minimum atomic E-state index is -0.242. The van der Waals surface area contributed by atoms with Gasteiger partial charge in [-0.25, -0.2) is 5.43 Å². The first kappa shape index (κ1) is 20.8. The molecule has 0 saturated heterocycles. The molecule has 0 heterocycles. The van der Waals surface area contributed by atoms with Gasteiger partial charge in [-0.3, -0.25) is 4.79 Å². The van der Waals surface area contributed by atoms with Crippen molar-refractivity contribution in [3.63, 3.8) is 0 Å². The molecule has 5 nitrogen and oxygen atoms in total. The van der Waals surface area contributed by atoms with E-state index in [4.69, 9.17) is 9.47 Å². The third-order valence-corrected chi connectivity index (χ3v) is 4.65. The second-order valence-electron chi connectivity index (χ2n) is 5.80. The van der Waals surface area contributed by atoms with Crippen LogP contribution in [0.2, 0.25) is 0 Å². The fraction of sp³-hybridized carbons (Fsp3) is 0.333. The maximum Gasteiger partial charge on any atom is 0.253 e. The molecule has 0 aliphatic heterocycles. The average molecular weight is 387 g/mol. The zero-order valence-corrected chi connectivity index (χ0v) is 16.8. The van der Waals surface area contributed by atoms with Gasteiger partial charge >= 0.3 is 0 Å². The van der Waals surface area contributed by atoms with E-state index in [1.54, 1.807) is 6.21 Å². The van der Waals surface area contributed by atoms with Crippen LogP contribution in [0.3, 0.4) is 0 Å². The van der Waals surface area contributed by atoms with Crippen LogP contribution in [-0.2, 0) is 4.79 Å². The normalized spacial score (nSPS) is 12.0. The monoisotopic (exact) mass is 386 g/mol. The molecule has 0 aliphatic rings. The highest BCUT2D eigenvalue weighted by Gasteiger charge is 2.13. The Balaban J connectivity index is 1.94. The summed E-state index contributed by atoms with van der Waals surface area (Å²) in [6.07, 6.45) is 2.53. The molecule has 2 aromatic rings. The fourth-order valence-corrected chi connectivity index (χ4v) is 3.10. The van der Waals surface area contributed by atoms with Crippen LogP contribution in [0, 0.1) is 0 Å². The van der Waals surface area contributed by atoms with Crippen LogP contribution in [0.25, 0.3) is 0 Å². The average Bonchev–Trinajstić information content (AvgIpc) is 2.68. The second kappa shape index (κ2) is 11.3. The molecular formula is C21H26N2O3S. The minimum absolute atomic E-state index is 0.145. The van der Waals surface area contributed by atoms with E-state index in [0.717, 1.165) is 16.9 Å². The number of carbonyl (C=O) groups is 1. The minimum Gasteiger partial charge on any atom is -0.490 e. The molecule has 0 fully saturated rings. The van der Waals surface area contributed by atoms with Crippen LogP contribution >= 0.6 is 11.8 Å². The Morgan fingerprint density at radius 3 is 2.63 bits per heavy atom. The Labute approximate surface area is 165 Å². The van der Waals surface area contributed by atoms with E-state index in [1.165, 1.54) is 11.8 Å². The van der Waals surface area contributed by atoms with Crippen LogP contribution in [-0.4, -0.2) is 30.6 Å². The number of benzene rings is 2. The summed E-state index contributed by atoms with van der Waals surface area (Å²) in [6.45, 7) is 7.03. The number of hydrazone groups is 1. The number of carbonyl (C=O) groups excluding carboxylic acids is 1. The summed E-state index contributed by atoms with van der Waals surface area (Å²) in [6, 6.07) is 15.4. The van der Waals surface area contributed by atoms with Crippen molar-refractivity contribution in [2.75, 3.05) is 13.2 Å². The van der Waals surface area contributed by atoms with Gasteiger partial charge in [0.15, 0.2) is 11.5 Å². The summed E-state index contributed by atoms with van der Waals surface area (Å²) in [5.41, 5.74) is 3.41. The summed E-state index contributed by atoms with van der Waals surface area (Å²) in [5.74, 6) is 1.25. The number of nitrogens with zero attached hydrogens (tertiary/aromatic N) is 1. The van der Waals surface area contributed by atoms with Crippen LogP contribution in [0.4, 0.5) is 0 Å². The van der Waals surface area contributed by atoms with Crippen molar-refractivity contribution >= 4 is 23.9 Å². The summed E-state index contributed by atoms with van der Waals surface area (Å²) in [4.78, 5) is 13.2. The topological polar surface area (TPSA) is 59.9 Å². The first-order valence-corrected chi connectivity index (χ1v) is 9.96. The van der Waals surface area contributed by atoms with E-state index in [1.807, 2.05) is 62.4 Å². The predicted octanol–water partition coefficient (Wildman–Crippen LogP) is 4.51. The van der Waals surface area contributed by atoms with Crippen molar-refractivity contribution < 1.29 is 14.3 Å². The predicted molar refractivity (Wildman–Crippen MR) is 111 cm³/mol. The first-order valence-electron chi connectivity index (χ1n) is 9.08. The molecule has 27 heavy (non-hydrogen) atoms. The molecule has 6 heteroatoms. The standard InChI is InChI=1S/C21H26N2O3S/c1-4-13-26-19-12-11-17(14-20(19)25-5-2)15-22-23-21(24)16(3)27-18-9-7-6-8-10-18/h6-12,14-16H,4-5,13H2,1-3H3,(H,23,24)/b22-15-/t16-/m0/s1. The van der Waals surface area contributed by atoms with E-state index in [0.29, 0.717) is 24.7 Å². The zero-order chi connectivity index (χ0) is 19.5. The summed E-state index contributed by atoms with van der Waals surface area (Å²) in [7, 11) is 0. The lowest BCUT2D eigenvalue weighted by atomic mass is 10.2. The number of hydrogen-bond acceptors (Lipinski definition) is 5. The van der Waals surface area contributed by atoms with E-state index in [-0.39, 0.29) is 11.2 Å². The highest BCUT2D eigenvalue weighted by molar-refractivity contribution is 8.00.